The van der Waals surface area contributed by atoms with Crippen molar-refractivity contribution in [3.63, 3.8) is 0 Å². The molecule has 17 heavy (non-hydrogen) atoms. The van der Waals surface area contributed by atoms with Crippen molar-refractivity contribution in [2.45, 2.75) is 33.1 Å². The third-order valence-corrected chi connectivity index (χ3v) is 3.40. The minimum absolute atomic E-state index is 0.0795. The molecular weight excluding hydrogens is 210 g/mol. The van der Waals surface area contributed by atoms with Crippen molar-refractivity contribution in [2.24, 2.45) is 5.92 Å². The number of benzene rings is 1. The summed E-state index contributed by atoms with van der Waals surface area (Å²) in [4.78, 5) is 14.2. The number of rotatable bonds is 3. The molecular formula is C15H21NO. The lowest BCUT2D eigenvalue weighted by Crippen LogP contribution is -2.29. The second-order valence-electron chi connectivity index (χ2n) is 5.11. The van der Waals surface area contributed by atoms with E-state index in [0.717, 1.165) is 18.7 Å². The van der Waals surface area contributed by atoms with E-state index in [4.69, 9.17) is 0 Å². The summed E-state index contributed by atoms with van der Waals surface area (Å²) in [7, 11) is 0. The molecule has 1 aromatic carbocycles. The molecule has 0 spiro atoms. The van der Waals surface area contributed by atoms with Crippen molar-refractivity contribution >= 4 is 11.5 Å². The van der Waals surface area contributed by atoms with E-state index < -0.39 is 0 Å². The average molecular weight is 231 g/mol. The Morgan fingerprint density at radius 1 is 1.06 bits per heavy atom. The summed E-state index contributed by atoms with van der Waals surface area (Å²) in [5.74, 6) is 0.311. The van der Waals surface area contributed by atoms with E-state index in [2.05, 4.69) is 17.0 Å². The molecule has 0 radical (unpaired) electrons. The highest BCUT2D eigenvalue weighted by atomic mass is 16.1. The van der Waals surface area contributed by atoms with Crippen LogP contribution >= 0.6 is 0 Å². The maximum Gasteiger partial charge on any atom is 0.165 e. The summed E-state index contributed by atoms with van der Waals surface area (Å²) in [5, 5.41) is 0. The Hall–Kier alpha value is -1.31. The Morgan fingerprint density at radius 2 is 1.65 bits per heavy atom. The van der Waals surface area contributed by atoms with Crippen LogP contribution < -0.4 is 4.90 Å². The molecule has 0 atom stereocenters. The monoisotopic (exact) mass is 231 g/mol. The Bertz CT molecular complexity index is 374. The number of nitrogens with zero attached hydrogens (tertiary/aromatic N) is 1. The Labute approximate surface area is 104 Å². The first-order valence-electron chi connectivity index (χ1n) is 6.57. The van der Waals surface area contributed by atoms with Gasteiger partial charge >= 0.3 is 0 Å². The van der Waals surface area contributed by atoms with Crippen LogP contribution in [0.4, 0.5) is 5.69 Å². The first kappa shape index (κ1) is 12.2. The number of hydrogen-bond acceptors (Lipinski definition) is 2. The van der Waals surface area contributed by atoms with E-state index in [1.807, 2.05) is 26.0 Å². The van der Waals surface area contributed by atoms with Crippen LogP contribution in [-0.4, -0.2) is 18.9 Å². The highest BCUT2D eigenvalue weighted by Crippen LogP contribution is 2.21. The zero-order valence-electron chi connectivity index (χ0n) is 10.8. The van der Waals surface area contributed by atoms with Gasteiger partial charge in [-0.15, -0.1) is 0 Å². The van der Waals surface area contributed by atoms with Crippen molar-refractivity contribution in [3.05, 3.63) is 29.8 Å². The molecule has 1 saturated heterocycles. The Kier molecular flexibility index (Phi) is 3.82. The minimum Gasteiger partial charge on any atom is -0.372 e. The quantitative estimate of drug-likeness (QED) is 0.742. The van der Waals surface area contributed by atoms with E-state index in [1.54, 1.807) is 0 Å². The highest BCUT2D eigenvalue weighted by molar-refractivity contribution is 5.97. The van der Waals surface area contributed by atoms with Gasteiger partial charge in [0.05, 0.1) is 0 Å². The summed E-state index contributed by atoms with van der Waals surface area (Å²) in [6.45, 7) is 6.19. The van der Waals surface area contributed by atoms with Gasteiger partial charge in [-0.2, -0.15) is 0 Å². The number of hydrogen-bond donors (Lipinski definition) is 0. The number of ketones is 1. The van der Waals surface area contributed by atoms with Crippen molar-refractivity contribution in [3.8, 4) is 0 Å². The van der Waals surface area contributed by atoms with Gasteiger partial charge < -0.3 is 4.90 Å². The number of anilines is 1. The summed E-state index contributed by atoms with van der Waals surface area (Å²) < 4.78 is 0. The summed E-state index contributed by atoms with van der Waals surface area (Å²) in [5.41, 5.74) is 2.09. The van der Waals surface area contributed by atoms with Crippen molar-refractivity contribution in [1.29, 1.82) is 0 Å². The lowest BCUT2D eigenvalue weighted by molar-refractivity contribution is 0.0939. The van der Waals surface area contributed by atoms with Gasteiger partial charge in [0.25, 0.3) is 0 Å². The molecule has 1 aromatic rings. The van der Waals surface area contributed by atoms with Gasteiger partial charge in [-0.25, -0.2) is 0 Å². The highest BCUT2D eigenvalue weighted by Gasteiger charge is 2.13. The molecule has 0 amide bonds. The second-order valence-corrected chi connectivity index (χ2v) is 5.11. The standard InChI is InChI=1S/C15H21NO/c1-12(2)15(17)13-6-8-14(9-7-13)16-10-4-3-5-11-16/h6-9,12H,3-5,10-11H2,1-2H3. The van der Waals surface area contributed by atoms with Crippen LogP contribution in [0.5, 0.6) is 0 Å². The van der Waals surface area contributed by atoms with Gasteiger partial charge in [-0.3, -0.25) is 4.79 Å². The molecule has 2 nitrogen and oxygen atoms in total. The van der Waals surface area contributed by atoms with E-state index in [0.29, 0.717) is 0 Å². The fraction of sp³-hybridized carbons (Fsp3) is 0.533. The normalized spacial score (nSPS) is 16.3. The molecule has 2 heteroatoms. The maximum absolute atomic E-state index is 11.8. The van der Waals surface area contributed by atoms with Crippen LogP contribution in [0, 0.1) is 5.92 Å². The van der Waals surface area contributed by atoms with Crippen molar-refractivity contribution in [2.75, 3.05) is 18.0 Å². The summed E-state index contributed by atoms with van der Waals surface area (Å²) in [6, 6.07) is 8.10. The van der Waals surface area contributed by atoms with Gasteiger partial charge in [-0.1, -0.05) is 13.8 Å². The Morgan fingerprint density at radius 3 is 2.18 bits per heavy atom. The second kappa shape index (κ2) is 5.35. The van der Waals surface area contributed by atoms with Crippen LogP contribution in [0.2, 0.25) is 0 Å². The smallest absolute Gasteiger partial charge is 0.165 e. The molecule has 1 fully saturated rings. The van der Waals surface area contributed by atoms with E-state index in [1.165, 1.54) is 24.9 Å². The van der Waals surface area contributed by atoms with Crippen LogP contribution in [0.25, 0.3) is 0 Å². The lowest BCUT2D eigenvalue weighted by atomic mass is 10.0. The molecule has 0 saturated carbocycles. The van der Waals surface area contributed by atoms with Gasteiger partial charge in [0, 0.05) is 30.3 Å². The molecule has 0 aliphatic carbocycles. The van der Waals surface area contributed by atoms with E-state index in [9.17, 15) is 4.79 Å². The molecule has 0 aromatic heterocycles. The van der Waals surface area contributed by atoms with E-state index >= 15 is 0 Å². The minimum atomic E-state index is 0.0795. The molecule has 1 aliphatic heterocycles. The topological polar surface area (TPSA) is 20.3 Å². The molecule has 0 N–H and O–H groups in total. The van der Waals surface area contributed by atoms with Crippen LogP contribution in [-0.2, 0) is 0 Å². The third-order valence-electron chi connectivity index (χ3n) is 3.40. The van der Waals surface area contributed by atoms with Gasteiger partial charge in [0.15, 0.2) is 5.78 Å². The van der Waals surface area contributed by atoms with Crippen molar-refractivity contribution < 1.29 is 4.79 Å². The summed E-state index contributed by atoms with van der Waals surface area (Å²) >= 11 is 0. The molecule has 0 bridgehead atoms. The van der Waals surface area contributed by atoms with Gasteiger partial charge in [-0.05, 0) is 43.5 Å². The number of carbonyl (C=O) groups is 1. The first-order chi connectivity index (χ1) is 8.18. The zero-order valence-corrected chi connectivity index (χ0v) is 10.8. The number of carbonyl (C=O) groups excluding carboxylic acids is 1. The van der Waals surface area contributed by atoms with Gasteiger partial charge in [0.2, 0.25) is 0 Å². The first-order valence-corrected chi connectivity index (χ1v) is 6.57. The third kappa shape index (κ3) is 2.87. The van der Waals surface area contributed by atoms with Crippen LogP contribution in [0.1, 0.15) is 43.5 Å². The predicted molar refractivity (Wildman–Crippen MR) is 71.7 cm³/mol. The largest absolute Gasteiger partial charge is 0.372 e. The molecule has 1 heterocycles. The van der Waals surface area contributed by atoms with E-state index in [-0.39, 0.29) is 11.7 Å². The number of piperidine rings is 1. The molecule has 1 aliphatic rings. The fourth-order valence-corrected chi connectivity index (χ4v) is 2.32. The van der Waals surface area contributed by atoms with Crippen molar-refractivity contribution in [1.82, 2.24) is 0 Å². The van der Waals surface area contributed by atoms with Crippen LogP contribution in [0.15, 0.2) is 24.3 Å². The SMILES string of the molecule is CC(C)C(=O)c1ccc(N2CCCCC2)cc1. The Balaban J connectivity index is 2.09. The maximum atomic E-state index is 11.8. The lowest BCUT2D eigenvalue weighted by Gasteiger charge is -2.28. The predicted octanol–water partition coefficient (Wildman–Crippen LogP) is 3.52. The average Bonchev–Trinajstić information content (AvgIpc) is 2.39. The van der Waals surface area contributed by atoms with Crippen LogP contribution in [0.3, 0.4) is 0 Å². The number of Topliss-reactive ketones (excluding diaryl/α,β-unsaturated/α-hetero) is 1. The molecule has 92 valence electrons. The summed E-state index contributed by atoms with van der Waals surface area (Å²) in [6.07, 6.45) is 3.92. The molecule has 0 unspecified atom stereocenters. The van der Waals surface area contributed by atoms with Gasteiger partial charge in [0.1, 0.15) is 0 Å². The molecule has 2 rings (SSSR count). The zero-order chi connectivity index (χ0) is 12.3. The fourth-order valence-electron chi connectivity index (χ4n) is 2.32.